The summed E-state index contributed by atoms with van der Waals surface area (Å²) in [6.45, 7) is 10.2. The van der Waals surface area contributed by atoms with Crippen LogP contribution in [0.25, 0.3) is 0 Å². The lowest BCUT2D eigenvalue weighted by Gasteiger charge is -2.26. The minimum Gasteiger partial charge on any atom is -0.508 e. The summed E-state index contributed by atoms with van der Waals surface area (Å²) in [7, 11) is 0. The number of rotatable bonds is 5. The highest BCUT2D eigenvalue weighted by molar-refractivity contribution is 5.41. The van der Waals surface area contributed by atoms with Gasteiger partial charge in [0.05, 0.1) is 5.76 Å². The van der Waals surface area contributed by atoms with E-state index in [1.165, 1.54) is 5.56 Å². The van der Waals surface area contributed by atoms with Crippen molar-refractivity contribution in [1.29, 1.82) is 0 Å². The first kappa shape index (κ1) is 15.2. The summed E-state index contributed by atoms with van der Waals surface area (Å²) in [6.07, 6.45) is 0.806. The van der Waals surface area contributed by atoms with E-state index in [4.69, 9.17) is 4.74 Å². The van der Waals surface area contributed by atoms with E-state index in [2.05, 4.69) is 32.6 Å². The molecule has 0 radical (unpaired) electrons. The van der Waals surface area contributed by atoms with Crippen molar-refractivity contribution in [1.82, 2.24) is 0 Å². The Balaban J connectivity index is 2.24. The Bertz CT molecular complexity index is 607. The molecule has 2 heteroatoms. The van der Waals surface area contributed by atoms with E-state index in [1.54, 1.807) is 12.1 Å². The van der Waals surface area contributed by atoms with Crippen molar-refractivity contribution in [2.24, 2.45) is 0 Å². The first-order valence-corrected chi connectivity index (χ1v) is 7.19. The minimum atomic E-state index is -0.131. The molecule has 0 atom stereocenters. The van der Waals surface area contributed by atoms with Gasteiger partial charge in [-0.15, -0.1) is 0 Å². The summed E-state index contributed by atoms with van der Waals surface area (Å²) in [6, 6.07) is 15.4. The topological polar surface area (TPSA) is 29.5 Å². The summed E-state index contributed by atoms with van der Waals surface area (Å²) in [5.41, 5.74) is 2.23. The lowest BCUT2D eigenvalue weighted by atomic mass is 9.78. The molecule has 0 heterocycles. The Morgan fingerprint density at radius 1 is 1.00 bits per heavy atom. The molecular formula is C19H22O2. The van der Waals surface area contributed by atoms with Crippen molar-refractivity contribution in [3.63, 3.8) is 0 Å². The van der Waals surface area contributed by atoms with E-state index in [9.17, 15) is 5.11 Å². The van der Waals surface area contributed by atoms with Gasteiger partial charge < -0.3 is 9.84 Å². The van der Waals surface area contributed by atoms with Crippen molar-refractivity contribution in [2.45, 2.75) is 32.6 Å². The van der Waals surface area contributed by atoms with Gasteiger partial charge in [-0.1, -0.05) is 51.6 Å². The van der Waals surface area contributed by atoms with Gasteiger partial charge in [0, 0.05) is 11.8 Å². The average molecular weight is 282 g/mol. The molecule has 0 aliphatic rings. The van der Waals surface area contributed by atoms with E-state index in [-0.39, 0.29) is 11.2 Å². The number of allylic oxidation sites excluding steroid dienone is 1. The van der Waals surface area contributed by atoms with Gasteiger partial charge in [-0.05, 0) is 35.4 Å². The Morgan fingerprint density at radius 2 is 1.48 bits per heavy atom. The van der Waals surface area contributed by atoms with Crippen LogP contribution in [0, 0.1) is 0 Å². The number of phenolic OH excluding ortho intramolecular Hbond substituents is 1. The third-order valence-electron chi connectivity index (χ3n) is 3.82. The van der Waals surface area contributed by atoms with Crippen molar-refractivity contribution in [2.75, 3.05) is 0 Å². The Morgan fingerprint density at radius 3 is 1.95 bits per heavy atom. The quantitative estimate of drug-likeness (QED) is 0.780. The van der Waals surface area contributed by atoms with E-state index >= 15 is 0 Å². The molecule has 0 fully saturated rings. The summed E-state index contributed by atoms with van der Waals surface area (Å²) >= 11 is 0. The zero-order chi connectivity index (χ0) is 15.5. The summed E-state index contributed by atoms with van der Waals surface area (Å²) < 4.78 is 5.63. The van der Waals surface area contributed by atoms with Crippen molar-refractivity contribution in [3.8, 4) is 11.5 Å². The zero-order valence-electron chi connectivity index (χ0n) is 12.9. The Kier molecular flexibility index (Phi) is 4.37. The van der Waals surface area contributed by atoms with Crippen molar-refractivity contribution >= 4 is 0 Å². The highest BCUT2D eigenvalue weighted by atomic mass is 16.5. The fourth-order valence-electron chi connectivity index (χ4n) is 2.22. The predicted octanol–water partition coefficient (Wildman–Crippen LogP) is 5.02. The van der Waals surface area contributed by atoms with Gasteiger partial charge in [0.1, 0.15) is 11.5 Å². The van der Waals surface area contributed by atoms with Crippen LogP contribution in [0.2, 0.25) is 0 Å². The zero-order valence-corrected chi connectivity index (χ0v) is 12.9. The summed E-state index contributed by atoms with van der Waals surface area (Å²) in [5.74, 6) is 1.86. The number of hydrogen-bond donors (Lipinski definition) is 1. The SMILES string of the molecule is C=C(CC)Oc1ccc(C(C)(C)c2ccc(O)cc2)cc1. The molecule has 110 valence electrons. The predicted molar refractivity (Wildman–Crippen MR) is 86.7 cm³/mol. The third kappa shape index (κ3) is 3.46. The van der Waals surface area contributed by atoms with Crippen LogP contribution in [0.15, 0.2) is 60.9 Å². The summed E-state index contributed by atoms with van der Waals surface area (Å²) in [5, 5.41) is 9.41. The second kappa shape index (κ2) is 6.04. The van der Waals surface area contributed by atoms with E-state index < -0.39 is 0 Å². The molecule has 2 nitrogen and oxygen atoms in total. The molecule has 1 N–H and O–H groups in total. The number of benzene rings is 2. The van der Waals surface area contributed by atoms with Gasteiger partial charge in [0.2, 0.25) is 0 Å². The molecule has 21 heavy (non-hydrogen) atoms. The minimum absolute atomic E-state index is 0.131. The normalized spacial score (nSPS) is 11.2. The van der Waals surface area contributed by atoms with E-state index in [1.807, 2.05) is 31.2 Å². The third-order valence-corrected chi connectivity index (χ3v) is 3.82. The maximum Gasteiger partial charge on any atom is 0.126 e. The smallest absolute Gasteiger partial charge is 0.126 e. The highest BCUT2D eigenvalue weighted by Crippen LogP contribution is 2.33. The van der Waals surface area contributed by atoms with Crippen LogP contribution in [0.3, 0.4) is 0 Å². The van der Waals surface area contributed by atoms with Gasteiger partial charge in [0.15, 0.2) is 0 Å². The van der Waals surface area contributed by atoms with Crippen molar-refractivity contribution in [3.05, 3.63) is 72.0 Å². The number of phenols is 1. The second-order valence-electron chi connectivity index (χ2n) is 5.69. The second-order valence-corrected chi connectivity index (χ2v) is 5.69. The molecule has 0 aliphatic heterocycles. The van der Waals surface area contributed by atoms with Crippen LogP contribution in [0.4, 0.5) is 0 Å². The fourth-order valence-corrected chi connectivity index (χ4v) is 2.22. The van der Waals surface area contributed by atoms with E-state index in [0.717, 1.165) is 23.5 Å². The van der Waals surface area contributed by atoms with Crippen LogP contribution in [0.5, 0.6) is 11.5 Å². The van der Waals surface area contributed by atoms with Crippen molar-refractivity contribution < 1.29 is 9.84 Å². The van der Waals surface area contributed by atoms with Crippen LogP contribution in [-0.2, 0) is 5.41 Å². The lowest BCUT2D eigenvalue weighted by molar-refractivity contribution is 0.412. The van der Waals surface area contributed by atoms with Crippen LogP contribution < -0.4 is 4.74 Å². The van der Waals surface area contributed by atoms with Gasteiger partial charge in [-0.2, -0.15) is 0 Å². The van der Waals surface area contributed by atoms with Gasteiger partial charge in [-0.25, -0.2) is 0 Å². The lowest BCUT2D eigenvalue weighted by Crippen LogP contribution is -2.18. The molecule has 0 aliphatic carbocycles. The fraction of sp³-hybridized carbons (Fsp3) is 0.263. The standard InChI is InChI=1S/C19H22O2/c1-5-14(2)21-18-12-8-16(9-13-18)19(3,4)15-6-10-17(20)11-7-15/h6-13,20H,2,5H2,1,3-4H3. The molecule has 0 unspecified atom stereocenters. The molecular weight excluding hydrogens is 260 g/mol. The number of hydrogen-bond acceptors (Lipinski definition) is 2. The van der Waals surface area contributed by atoms with Gasteiger partial charge in [-0.3, -0.25) is 0 Å². The molecule has 2 aromatic rings. The number of ether oxygens (including phenoxy) is 1. The van der Waals surface area contributed by atoms with Crippen LogP contribution >= 0.6 is 0 Å². The number of aromatic hydroxyl groups is 1. The maximum atomic E-state index is 9.41. The largest absolute Gasteiger partial charge is 0.508 e. The van der Waals surface area contributed by atoms with Gasteiger partial charge in [0.25, 0.3) is 0 Å². The first-order chi connectivity index (χ1) is 9.93. The van der Waals surface area contributed by atoms with Crippen LogP contribution in [0.1, 0.15) is 38.3 Å². The maximum absolute atomic E-state index is 9.41. The molecule has 0 saturated heterocycles. The molecule has 0 amide bonds. The molecule has 0 spiro atoms. The molecule has 0 bridgehead atoms. The average Bonchev–Trinajstić information content (AvgIpc) is 2.48. The molecule has 0 saturated carbocycles. The molecule has 2 aromatic carbocycles. The Hall–Kier alpha value is -2.22. The highest BCUT2D eigenvalue weighted by Gasteiger charge is 2.23. The summed E-state index contributed by atoms with van der Waals surface area (Å²) in [4.78, 5) is 0. The van der Waals surface area contributed by atoms with E-state index in [0.29, 0.717) is 0 Å². The van der Waals surface area contributed by atoms with Crippen LogP contribution in [-0.4, -0.2) is 5.11 Å². The molecule has 2 rings (SSSR count). The first-order valence-electron chi connectivity index (χ1n) is 7.19. The van der Waals surface area contributed by atoms with Gasteiger partial charge >= 0.3 is 0 Å². The molecule has 0 aromatic heterocycles. The monoisotopic (exact) mass is 282 g/mol. The Labute approximate surface area is 126 Å².